The summed E-state index contributed by atoms with van der Waals surface area (Å²) in [6.45, 7) is 0.538. The van der Waals surface area contributed by atoms with Gasteiger partial charge in [-0.2, -0.15) is 0 Å². The minimum absolute atomic E-state index is 0.0189. The van der Waals surface area contributed by atoms with E-state index in [4.69, 9.17) is 9.47 Å². The van der Waals surface area contributed by atoms with Crippen molar-refractivity contribution in [2.24, 2.45) is 4.99 Å². The highest BCUT2D eigenvalue weighted by Crippen LogP contribution is 2.29. The van der Waals surface area contributed by atoms with Gasteiger partial charge in [0.05, 0.1) is 12.6 Å². The van der Waals surface area contributed by atoms with Gasteiger partial charge in [0.1, 0.15) is 24.1 Å². The number of nitrogens with zero attached hydrogens (tertiary/aromatic N) is 2. The van der Waals surface area contributed by atoms with E-state index in [2.05, 4.69) is 22.1 Å². The van der Waals surface area contributed by atoms with Crippen LogP contribution in [0.2, 0.25) is 0 Å². The summed E-state index contributed by atoms with van der Waals surface area (Å²) in [7, 11) is 1.66. The van der Waals surface area contributed by atoms with Crippen LogP contribution in [-0.4, -0.2) is 24.6 Å². The first-order valence-corrected chi connectivity index (χ1v) is 7.55. The number of aromatic nitrogens is 1. The molecule has 0 amide bonds. The van der Waals surface area contributed by atoms with Crippen molar-refractivity contribution in [3.8, 4) is 5.75 Å². The zero-order valence-corrected chi connectivity index (χ0v) is 12.8. The van der Waals surface area contributed by atoms with E-state index in [9.17, 15) is 0 Å². The first-order chi connectivity index (χ1) is 11.3. The van der Waals surface area contributed by atoms with Crippen molar-refractivity contribution >= 4 is 16.8 Å². The van der Waals surface area contributed by atoms with Gasteiger partial charge in [-0.05, 0) is 17.7 Å². The van der Waals surface area contributed by atoms with Crippen molar-refractivity contribution in [1.29, 1.82) is 0 Å². The van der Waals surface area contributed by atoms with Crippen molar-refractivity contribution < 1.29 is 9.47 Å². The zero-order chi connectivity index (χ0) is 15.6. The number of para-hydroxylation sites is 1. The first kappa shape index (κ1) is 13.8. The fourth-order valence-corrected chi connectivity index (χ4v) is 2.78. The number of hydrogen-bond acceptors (Lipinski definition) is 4. The van der Waals surface area contributed by atoms with Crippen LogP contribution >= 0.6 is 0 Å². The summed E-state index contributed by atoms with van der Waals surface area (Å²) in [6.07, 6.45) is 0. The second-order valence-corrected chi connectivity index (χ2v) is 5.40. The van der Waals surface area contributed by atoms with Gasteiger partial charge in [-0.25, -0.2) is 9.98 Å². The Bertz CT molecular complexity index is 875. The van der Waals surface area contributed by atoms with Gasteiger partial charge in [-0.1, -0.05) is 42.5 Å². The minimum atomic E-state index is 0.0189. The van der Waals surface area contributed by atoms with Crippen LogP contribution in [0.25, 0.3) is 10.9 Å². The van der Waals surface area contributed by atoms with E-state index < -0.39 is 0 Å². The Hall–Kier alpha value is -2.88. The van der Waals surface area contributed by atoms with Gasteiger partial charge in [-0.3, -0.25) is 0 Å². The molecule has 0 N–H and O–H groups in total. The number of hydrogen-bond donors (Lipinski definition) is 0. The van der Waals surface area contributed by atoms with Crippen LogP contribution in [0.1, 0.15) is 17.3 Å². The predicted octanol–water partition coefficient (Wildman–Crippen LogP) is 3.76. The molecule has 0 spiro atoms. The molecule has 3 aromatic rings. The Morgan fingerprint density at radius 1 is 1.04 bits per heavy atom. The lowest BCUT2D eigenvalue weighted by Crippen LogP contribution is -2.05. The number of rotatable bonds is 3. The number of pyridine rings is 1. The third-order valence-corrected chi connectivity index (χ3v) is 3.95. The average molecular weight is 304 g/mol. The van der Waals surface area contributed by atoms with Gasteiger partial charge in [0, 0.05) is 11.5 Å². The fraction of sp³-hybridized carbons (Fsp3) is 0.158. The van der Waals surface area contributed by atoms with E-state index in [1.807, 2.05) is 48.5 Å². The molecule has 4 heteroatoms. The maximum atomic E-state index is 5.79. The molecule has 1 atom stereocenters. The standard InChI is InChI=1S/C19H16N2O2/c1-22-18-11-16(20-15-10-6-5-9-14(15)18)19-21-17(12-23-19)13-7-3-2-4-8-13/h2-11,17H,12H2,1H3/t17-/m1/s1. The molecule has 0 unspecified atom stereocenters. The van der Waals surface area contributed by atoms with E-state index in [1.165, 1.54) is 0 Å². The fourth-order valence-electron chi connectivity index (χ4n) is 2.78. The first-order valence-electron chi connectivity index (χ1n) is 7.55. The van der Waals surface area contributed by atoms with E-state index >= 15 is 0 Å². The van der Waals surface area contributed by atoms with Gasteiger partial charge in [-0.15, -0.1) is 0 Å². The molecule has 0 aliphatic carbocycles. The van der Waals surface area contributed by atoms with Crippen LogP contribution in [-0.2, 0) is 4.74 Å². The monoisotopic (exact) mass is 304 g/mol. The second-order valence-electron chi connectivity index (χ2n) is 5.40. The van der Waals surface area contributed by atoms with E-state index in [0.717, 1.165) is 22.2 Å². The third kappa shape index (κ3) is 2.52. The molecule has 0 saturated heterocycles. The highest BCUT2D eigenvalue weighted by Gasteiger charge is 2.23. The molecule has 23 heavy (non-hydrogen) atoms. The largest absolute Gasteiger partial charge is 0.496 e. The average Bonchev–Trinajstić information content (AvgIpc) is 3.11. The normalized spacial score (nSPS) is 16.9. The van der Waals surface area contributed by atoms with Gasteiger partial charge >= 0.3 is 0 Å². The molecule has 2 aromatic carbocycles. The molecule has 2 heterocycles. The predicted molar refractivity (Wildman–Crippen MR) is 90.0 cm³/mol. The minimum Gasteiger partial charge on any atom is -0.496 e. The van der Waals surface area contributed by atoms with Crippen LogP contribution in [0.4, 0.5) is 0 Å². The number of ether oxygens (including phenoxy) is 2. The topological polar surface area (TPSA) is 43.7 Å². The van der Waals surface area contributed by atoms with E-state index in [0.29, 0.717) is 18.2 Å². The smallest absolute Gasteiger partial charge is 0.236 e. The SMILES string of the molecule is COc1cc(C2=N[C@@H](c3ccccc3)CO2)nc2ccccc12. The second kappa shape index (κ2) is 5.72. The molecule has 4 nitrogen and oxygen atoms in total. The van der Waals surface area contributed by atoms with Gasteiger partial charge < -0.3 is 9.47 Å². The lowest BCUT2D eigenvalue weighted by atomic mass is 10.1. The summed E-state index contributed by atoms with van der Waals surface area (Å²) >= 11 is 0. The summed E-state index contributed by atoms with van der Waals surface area (Å²) in [4.78, 5) is 9.35. The lowest BCUT2D eigenvalue weighted by molar-refractivity contribution is 0.319. The Morgan fingerprint density at radius 3 is 2.65 bits per heavy atom. The van der Waals surface area contributed by atoms with Gasteiger partial charge in [0.15, 0.2) is 0 Å². The molecule has 114 valence electrons. The molecular formula is C19H16N2O2. The van der Waals surface area contributed by atoms with Crippen LogP contribution in [0.3, 0.4) is 0 Å². The van der Waals surface area contributed by atoms with Crippen LogP contribution in [0.5, 0.6) is 5.75 Å². The lowest BCUT2D eigenvalue weighted by Gasteiger charge is -2.08. The molecule has 0 bridgehead atoms. The summed E-state index contributed by atoms with van der Waals surface area (Å²) in [6, 6.07) is 20.0. The Kier molecular flexibility index (Phi) is 3.42. The van der Waals surface area contributed by atoms with Gasteiger partial charge in [0.25, 0.3) is 0 Å². The Morgan fingerprint density at radius 2 is 1.83 bits per heavy atom. The summed E-state index contributed by atoms with van der Waals surface area (Å²) < 4.78 is 11.3. The van der Waals surface area contributed by atoms with Crippen LogP contribution in [0, 0.1) is 0 Å². The zero-order valence-electron chi connectivity index (χ0n) is 12.8. The molecule has 1 aliphatic rings. The maximum Gasteiger partial charge on any atom is 0.236 e. The summed E-state index contributed by atoms with van der Waals surface area (Å²) in [5.74, 6) is 1.35. The van der Waals surface area contributed by atoms with E-state index in [-0.39, 0.29) is 6.04 Å². The van der Waals surface area contributed by atoms with Crippen molar-refractivity contribution in [2.75, 3.05) is 13.7 Å². The number of aliphatic imine (C=N–C) groups is 1. The van der Waals surface area contributed by atoms with Crippen molar-refractivity contribution in [3.05, 3.63) is 71.9 Å². The summed E-state index contributed by atoms with van der Waals surface area (Å²) in [5.41, 5.74) is 2.73. The molecular weight excluding hydrogens is 288 g/mol. The van der Waals surface area contributed by atoms with Crippen molar-refractivity contribution in [1.82, 2.24) is 4.98 Å². The van der Waals surface area contributed by atoms with Gasteiger partial charge in [0.2, 0.25) is 5.90 Å². The van der Waals surface area contributed by atoms with E-state index in [1.54, 1.807) is 7.11 Å². The van der Waals surface area contributed by atoms with Crippen LogP contribution < -0.4 is 4.74 Å². The molecule has 4 rings (SSSR count). The highest BCUT2D eigenvalue weighted by molar-refractivity contribution is 5.97. The molecule has 0 saturated carbocycles. The highest BCUT2D eigenvalue weighted by atomic mass is 16.5. The summed E-state index contributed by atoms with van der Waals surface area (Å²) in [5, 5.41) is 0.983. The quantitative estimate of drug-likeness (QED) is 0.740. The van der Waals surface area contributed by atoms with Crippen molar-refractivity contribution in [3.63, 3.8) is 0 Å². The molecule has 0 fully saturated rings. The third-order valence-electron chi connectivity index (χ3n) is 3.95. The number of methoxy groups -OCH3 is 1. The molecule has 1 aliphatic heterocycles. The maximum absolute atomic E-state index is 5.79. The Labute approximate surface area is 134 Å². The van der Waals surface area contributed by atoms with Crippen molar-refractivity contribution in [2.45, 2.75) is 6.04 Å². The molecule has 1 aromatic heterocycles. The Balaban J connectivity index is 1.75. The number of fused-ring (bicyclic) bond motifs is 1. The van der Waals surface area contributed by atoms with Crippen LogP contribution in [0.15, 0.2) is 65.7 Å². The number of benzene rings is 2. The molecule has 0 radical (unpaired) electrons.